The summed E-state index contributed by atoms with van der Waals surface area (Å²) >= 11 is 0. The number of carbonyl (C=O) groups is 4. The van der Waals surface area contributed by atoms with Crippen LogP contribution in [0.3, 0.4) is 0 Å². The lowest BCUT2D eigenvalue weighted by atomic mass is 9.68. The molecule has 0 radical (unpaired) electrons. The lowest BCUT2D eigenvalue weighted by molar-refractivity contribution is -0.146. The number of hydrogen-bond acceptors (Lipinski definition) is 6. The normalized spacial score (nSPS) is 20.9. The van der Waals surface area contributed by atoms with Gasteiger partial charge in [-0.15, -0.1) is 0 Å². The van der Waals surface area contributed by atoms with Crippen LogP contribution < -0.4 is 25.8 Å². The molecule has 3 aliphatic heterocycles. The maximum Gasteiger partial charge on any atom is 0.328 e. The van der Waals surface area contributed by atoms with Gasteiger partial charge in [-0.3, -0.25) is 25.0 Å². The summed E-state index contributed by atoms with van der Waals surface area (Å²) in [6.07, 6.45) is 0.351. The van der Waals surface area contributed by atoms with Crippen molar-refractivity contribution in [3.05, 3.63) is 53.8 Å². The summed E-state index contributed by atoms with van der Waals surface area (Å²) in [6.45, 7) is 2.87. The number of nitrogens with zero attached hydrogens (tertiary/aromatic N) is 2. The smallest absolute Gasteiger partial charge is 0.328 e. The third kappa shape index (κ3) is 3.37. The molecule has 5 rings (SSSR count). The number of imide groups is 2. The van der Waals surface area contributed by atoms with Crippen molar-refractivity contribution in [2.24, 2.45) is 5.41 Å². The third-order valence-electron chi connectivity index (χ3n) is 6.87. The first-order valence-corrected chi connectivity index (χ1v) is 11.2. The number of para-hydroxylation sites is 1. The molecule has 2 saturated heterocycles. The summed E-state index contributed by atoms with van der Waals surface area (Å²) in [5.41, 5.74) is 0.920. The average Bonchev–Trinajstić information content (AvgIpc) is 2.82. The van der Waals surface area contributed by atoms with Gasteiger partial charge < -0.3 is 15.1 Å². The summed E-state index contributed by atoms with van der Waals surface area (Å²) < 4.78 is 14.6. The fourth-order valence-electron chi connectivity index (χ4n) is 5.20. The van der Waals surface area contributed by atoms with Crippen molar-refractivity contribution in [3.8, 4) is 0 Å². The van der Waals surface area contributed by atoms with Crippen molar-refractivity contribution in [1.29, 1.82) is 0 Å². The highest BCUT2D eigenvalue weighted by atomic mass is 19.1. The molecular weight excluding hydrogens is 441 g/mol. The second-order valence-electron chi connectivity index (χ2n) is 8.74. The van der Waals surface area contributed by atoms with Crippen LogP contribution >= 0.6 is 0 Å². The Morgan fingerprint density at radius 2 is 1.82 bits per heavy atom. The van der Waals surface area contributed by atoms with Gasteiger partial charge in [-0.05, 0) is 42.3 Å². The van der Waals surface area contributed by atoms with Gasteiger partial charge in [-0.2, -0.15) is 0 Å². The molecule has 0 aliphatic carbocycles. The molecule has 2 fully saturated rings. The first kappa shape index (κ1) is 21.9. The highest BCUT2D eigenvalue weighted by Crippen LogP contribution is 2.45. The number of hydrogen-bond donors (Lipinski definition) is 3. The van der Waals surface area contributed by atoms with Gasteiger partial charge >= 0.3 is 6.03 Å². The molecule has 3 aliphatic rings. The summed E-state index contributed by atoms with van der Waals surface area (Å²) in [4.78, 5) is 54.2. The van der Waals surface area contributed by atoms with Gasteiger partial charge in [0.2, 0.25) is 17.7 Å². The Kier molecular flexibility index (Phi) is 5.22. The number of piperazine rings is 1. The Morgan fingerprint density at radius 1 is 1.09 bits per heavy atom. The molecule has 3 heterocycles. The molecule has 0 bridgehead atoms. The molecule has 10 heteroatoms. The maximum absolute atomic E-state index is 14.6. The largest absolute Gasteiger partial charge is 0.365 e. The number of barbiturate groups is 1. The Hall–Kier alpha value is -3.95. The van der Waals surface area contributed by atoms with Crippen molar-refractivity contribution in [2.75, 3.05) is 34.8 Å². The van der Waals surface area contributed by atoms with Gasteiger partial charge in [0.05, 0.1) is 11.7 Å². The van der Waals surface area contributed by atoms with E-state index in [1.807, 2.05) is 15.9 Å². The van der Waals surface area contributed by atoms with Crippen molar-refractivity contribution in [3.63, 3.8) is 0 Å². The van der Waals surface area contributed by atoms with Crippen molar-refractivity contribution in [2.45, 2.75) is 25.8 Å². The van der Waals surface area contributed by atoms with Crippen LogP contribution in [0.1, 0.15) is 18.9 Å². The topological polar surface area (TPSA) is 111 Å². The lowest BCUT2D eigenvalue weighted by Crippen LogP contribution is -2.74. The summed E-state index contributed by atoms with van der Waals surface area (Å²) in [6, 6.07) is 10.3. The minimum absolute atomic E-state index is 0.0371. The SMILES string of the molecule is CCC(=O)Nc1ccc2c(c1)CC1(C(=O)NC(=O)NC1=O)[C@H]1CN(c3ccccc3F)CCN21. The number of urea groups is 1. The molecule has 9 nitrogen and oxygen atoms in total. The predicted octanol–water partition coefficient (Wildman–Crippen LogP) is 1.78. The summed E-state index contributed by atoms with van der Waals surface area (Å²) in [5.74, 6) is -1.90. The quantitative estimate of drug-likeness (QED) is 0.596. The van der Waals surface area contributed by atoms with Crippen LogP contribution in [-0.2, 0) is 20.8 Å². The van der Waals surface area contributed by atoms with Gasteiger partial charge in [0.25, 0.3) is 0 Å². The second-order valence-corrected chi connectivity index (χ2v) is 8.74. The van der Waals surface area contributed by atoms with Crippen molar-refractivity contribution >= 4 is 40.8 Å². The standard InChI is InChI=1S/C24H24FN5O4/c1-2-20(31)26-15-7-8-17-14(11-15)12-24(21(32)27-23(34)28-22(24)33)19-13-29(9-10-30(17)19)18-6-4-3-5-16(18)25/h3-8,11,19H,2,9-10,12-13H2,1H3,(H,26,31)(H2,27,28,32,33,34)/t19-/m1/s1. The number of carbonyl (C=O) groups excluding carboxylic acids is 4. The zero-order chi connectivity index (χ0) is 24.0. The molecule has 5 amide bonds. The van der Waals surface area contributed by atoms with E-state index in [2.05, 4.69) is 16.0 Å². The number of halogens is 1. The van der Waals surface area contributed by atoms with E-state index in [1.54, 1.807) is 37.3 Å². The van der Waals surface area contributed by atoms with Crippen LogP contribution in [0.25, 0.3) is 0 Å². The lowest BCUT2D eigenvalue weighted by Gasteiger charge is -2.54. The first-order chi connectivity index (χ1) is 16.3. The van der Waals surface area contributed by atoms with E-state index in [4.69, 9.17) is 0 Å². The van der Waals surface area contributed by atoms with Crippen LogP contribution in [0.15, 0.2) is 42.5 Å². The number of nitrogens with one attached hydrogen (secondary N) is 3. The molecule has 0 aromatic heterocycles. The highest BCUT2D eigenvalue weighted by molar-refractivity contribution is 6.20. The van der Waals surface area contributed by atoms with E-state index in [9.17, 15) is 23.6 Å². The Morgan fingerprint density at radius 3 is 2.53 bits per heavy atom. The number of amides is 5. The average molecular weight is 465 g/mol. The molecule has 176 valence electrons. The van der Waals surface area contributed by atoms with Crippen LogP contribution in [0, 0.1) is 11.2 Å². The maximum atomic E-state index is 14.6. The summed E-state index contributed by atoms with van der Waals surface area (Å²) in [5, 5.41) is 7.32. The fraction of sp³-hybridized carbons (Fsp3) is 0.333. The zero-order valence-electron chi connectivity index (χ0n) is 18.6. The van der Waals surface area contributed by atoms with E-state index in [0.717, 1.165) is 5.69 Å². The number of benzene rings is 2. The molecule has 0 saturated carbocycles. The van der Waals surface area contributed by atoms with Crippen molar-refractivity contribution in [1.82, 2.24) is 10.6 Å². The van der Waals surface area contributed by atoms with Gasteiger partial charge in [0.1, 0.15) is 5.82 Å². The van der Waals surface area contributed by atoms with Gasteiger partial charge in [0.15, 0.2) is 5.41 Å². The Labute approximate surface area is 195 Å². The Bertz CT molecular complexity index is 1200. The fourth-order valence-corrected chi connectivity index (χ4v) is 5.20. The second kappa shape index (κ2) is 8.12. The molecule has 2 aromatic rings. The van der Waals surface area contributed by atoms with E-state index in [-0.39, 0.29) is 24.7 Å². The van der Waals surface area contributed by atoms with Crippen LogP contribution in [0.4, 0.5) is 26.2 Å². The van der Waals surface area contributed by atoms with E-state index in [1.165, 1.54) is 6.07 Å². The van der Waals surface area contributed by atoms with Gasteiger partial charge in [-0.25, -0.2) is 9.18 Å². The molecule has 0 unspecified atom stereocenters. The van der Waals surface area contributed by atoms with Crippen LogP contribution in [-0.4, -0.2) is 49.4 Å². The zero-order valence-corrected chi connectivity index (χ0v) is 18.6. The van der Waals surface area contributed by atoms with Gasteiger partial charge in [0, 0.05) is 37.4 Å². The Balaban J connectivity index is 1.59. The third-order valence-corrected chi connectivity index (χ3v) is 6.87. The number of fused-ring (bicyclic) bond motifs is 4. The molecule has 2 aromatic carbocycles. The van der Waals surface area contributed by atoms with Gasteiger partial charge in [-0.1, -0.05) is 19.1 Å². The first-order valence-electron chi connectivity index (χ1n) is 11.2. The van der Waals surface area contributed by atoms with Crippen LogP contribution in [0.5, 0.6) is 0 Å². The highest BCUT2D eigenvalue weighted by Gasteiger charge is 2.61. The molecule has 1 atom stereocenters. The van der Waals surface area contributed by atoms with Crippen LogP contribution in [0.2, 0.25) is 0 Å². The number of rotatable bonds is 3. The van der Waals surface area contributed by atoms with E-state index < -0.39 is 29.3 Å². The summed E-state index contributed by atoms with van der Waals surface area (Å²) in [7, 11) is 0. The van der Waals surface area contributed by atoms with E-state index in [0.29, 0.717) is 36.4 Å². The molecule has 1 spiro atoms. The minimum Gasteiger partial charge on any atom is -0.365 e. The molecular formula is C24H24FN5O4. The molecule has 3 N–H and O–H groups in total. The minimum atomic E-state index is -1.60. The predicted molar refractivity (Wildman–Crippen MR) is 123 cm³/mol. The van der Waals surface area contributed by atoms with E-state index >= 15 is 0 Å². The van der Waals surface area contributed by atoms with Crippen molar-refractivity contribution < 1.29 is 23.6 Å². The molecule has 34 heavy (non-hydrogen) atoms. The monoisotopic (exact) mass is 465 g/mol. The number of anilines is 3.